The lowest BCUT2D eigenvalue weighted by Gasteiger charge is -2.19. The molecule has 3 rings (SSSR count). The zero-order valence-corrected chi connectivity index (χ0v) is 14.3. The Morgan fingerprint density at radius 3 is 2.24 bits per heavy atom. The third kappa shape index (κ3) is 3.22. The highest BCUT2D eigenvalue weighted by atomic mass is 32.1. The van der Waals surface area contributed by atoms with Crippen LogP contribution >= 0.6 is 11.3 Å². The standard InChI is InChI=1S/C19H25NS/c1-19(2,3)15-9-7-13(8-10-15)16-11-12-17(21-16)18(20-4)14-5-6-14/h7-12,14,18,20H,5-6H2,1-4H3. The SMILES string of the molecule is CNC(c1ccc(-c2ccc(C(C)(C)C)cc2)s1)C1CC1. The van der Waals surface area contributed by atoms with Gasteiger partial charge >= 0.3 is 0 Å². The smallest absolute Gasteiger partial charge is 0.0441 e. The fraction of sp³-hybridized carbons (Fsp3) is 0.474. The van der Waals surface area contributed by atoms with Gasteiger partial charge in [-0.1, -0.05) is 45.0 Å². The van der Waals surface area contributed by atoms with Crippen molar-refractivity contribution in [2.75, 3.05) is 7.05 Å². The molecular formula is C19H25NS. The second-order valence-corrected chi connectivity index (χ2v) is 8.25. The molecule has 1 atom stereocenters. The fourth-order valence-corrected chi connectivity index (χ4v) is 4.07. The minimum atomic E-state index is 0.225. The van der Waals surface area contributed by atoms with Crippen LogP contribution in [0.25, 0.3) is 10.4 Å². The van der Waals surface area contributed by atoms with E-state index in [1.807, 2.05) is 11.3 Å². The summed E-state index contributed by atoms with van der Waals surface area (Å²) in [5, 5.41) is 3.48. The first kappa shape index (κ1) is 14.8. The summed E-state index contributed by atoms with van der Waals surface area (Å²) in [6, 6.07) is 14.2. The third-order valence-corrected chi connectivity index (χ3v) is 5.59. The molecule has 1 heterocycles. The highest BCUT2D eigenvalue weighted by Crippen LogP contribution is 2.44. The molecule has 2 heteroatoms. The molecule has 112 valence electrons. The van der Waals surface area contributed by atoms with Gasteiger partial charge in [-0.05, 0) is 54.5 Å². The Bertz CT molecular complexity index is 599. The highest BCUT2D eigenvalue weighted by Gasteiger charge is 2.32. The van der Waals surface area contributed by atoms with Crippen LogP contribution in [0.2, 0.25) is 0 Å². The molecule has 0 spiro atoms. The summed E-state index contributed by atoms with van der Waals surface area (Å²) in [6.07, 6.45) is 2.75. The van der Waals surface area contributed by atoms with Gasteiger partial charge in [0.25, 0.3) is 0 Å². The van der Waals surface area contributed by atoms with Crippen molar-refractivity contribution in [3.63, 3.8) is 0 Å². The number of hydrogen-bond acceptors (Lipinski definition) is 2. The maximum Gasteiger partial charge on any atom is 0.0441 e. The largest absolute Gasteiger partial charge is 0.312 e. The van der Waals surface area contributed by atoms with E-state index in [1.165, 1.54) is 33.7 Å². The molecule has 0 bridgehead atoms. The van der Waals surface area contributed by atoms with Crippen molar-refractivity contribution in [1.29, 1.82) is 0 Å². The van der Waals surface area contributed by atoms with E-state index >= 15 is 0 Å². The van der Waals surface area contributed by atoms with Gasteiger partial charge < -0.3 is 5.32 Å². The van der Waals surface area contributed by atoms with Crippen molar-refractivity contribution in [3.05, 3.63) is 46.8 Å². The zero-order valence-electron chi connectivity index (χ0n) is 13.4. The number of rotatable bonds is 4. The zero-order chi connectivity index (χ0) is 15.0. The van der Waals surface area contributed by atoms with E-state index in [-0.39, 0.29) is 5.41 Å². The van der Waals surface area contributed by atoms with Crippen molar-refractivity contribution in [2.45, 2.75) is 45.1 Å². The quantitative estimate of drug-likeness (QED) is 0.799. The van der Waals surface area contributed by atoms with Crippen LogP contribution in [-0.4, -0.2) is 7.05 Å². The van der Waals surface area contributed by atoms with Crippen LogP contribution in [0.4, 0.5) is 0 Å². The molecule has 1 saturated carbocycles. The molecule has 1 nitrogen and oxygen atoms in total. The Labute approximate surface area is 132 Å². The lowest BCUT2D eigenvalue weighted by molar-refractivity contribution is 0.537. The number of benzene rings is 1. The Kier molecular flexibility index (Phi) is 3.94. The first-order valence-electron chi connectivity index (χ1n) is 7.87. The molecule has 0 amide bonds. The summed E-state index contributed by atoms with van der Waals surface area (Å²) >= 11 is 1.94. The average Bonchev–Trinajstić information content (AvgIpc) is 3.16. The molecule has 1 N–H and O–H groups in total. The van der Waals surface area contributed by atoms with Crippen LogP contribution < -0.4 is 5.32 Å². The van der Waals surface area contributed by atoms with Crippen LogP contribution in [0, 0.1) is 5.92 Å². The van der Waals surface area contributed by atoms with Crippen molar-refractivity contribution < 1.29 is 0 Å². The van der Waals surface area contributed by atoms with E-state index < -0.39 is 0 Å². The van der Waals surface area contributed by atoms with Crippen molar-refractivity contribution in [3.8, 4) is 10.4 Å². The molecular weight excluding hydrogens is 274 g/mol. The highest BCUT2D eigenvalue weighted by molar-refractivity contribution is 7.15. The van der Waals surface area contributed by atoms with Gasteiger partial charge in [0.2, 0.25) is 0 Å². The van der Waals surface area contributed by atoms with Crippen LogP contribution in [0.1, 0.15) is 50.1 Å². The van der Waals surface area contributed by atoms with Crippen LogP contribution in [0.15, 0.2) is 36.4 Å². The summed E-state index contributed by atoms with van der Waals surface area (Å²) in [5.74, 6) is 0.852. The van der Waals surface area contributed by atoms with E-state index in [2.05, 4.69) is 69.5 Å². The van der Waals surface area contributed by atoms with Crippen LogP contribution in [0.3, 0.4) is 0 Å². The lowest BCUT2D eigenvalue weighted by Crippen LogP contribution is -2.16. The molecule has 1 aliphatic carbocycles. The van der Waals surface area contributed by atoms with Gasteiger partial charge in [-0.2, -0.15) is 0 Å². The van der Waals surface area contributed by atoms with E-state index in [0.29, 0.717) is 6.04 Å². The molecule has 1 unspecified atom stereocenters. The Hall–Kier alpha value is -1.12. The summed E-state index contributed by atoms with van der Waals surface area (Å²) in [7, 11) is 2.08. The molecule has 1 aromatic carbocycles. The van der Waals surface area contributed by atoms with Crippen molar-refractivity contribution >= 4 is 11.3 Å². The van der Waals surface area contributed by atoms with Crippen LogP contribution in [0.5, 0.6) is 0 Å². The molecule has 1 fully saturated rings. The van der Waals surface area contributed by atoms with Gasteiger partial charge in [0.05, 0.1) is 0 Å². The predicted octanol–water partition coefficient (Wildman–Crippen LogP) is 5.38. The fourth-order valence-electron chi connectivity index (χ4n) is 2.85. The minimum Gasteiger partial charge on any atom is -0.312 e. The van der Waals surface area contributed by atoms with E-state index in [0.717, 1.165) is 5.92 Å². The normalized spacial score (nSPS) is 17.0. The molecule has 1 aromatic heterocycles. The van der Waals surface area contributed by atoms with E-state index in [9.17, 15) is 0 Å². The summed E-state index contributed by atoms with van der Waals surface area (Å²) in [6.45, 7) is 6.79. The topological polar surface area (TPSA) is 12.0 Å². The second-order valence-electron chi connectivity index (χ2n) is 7.13. The molecule has 21 heavy (non-hydrogen) atoms. The first-order chi connectivity index (χ1) is 9.99. The number of hydrogen-bond donors (Lipinski definition) is 1. The summed E-state index contributed by atoms with van der Waals surface area (Å²) in [5.41, 5.74) is 2.96. The van der Waals surface area contributed by atoms with E-state index in [1.54, 1.807) is 0 Å². The van der Waals surface area contributed by atoms with Gasteiger partial charge in [0.15, 0.2) is 0 Å². The maximum atomic E-state index is 3.48. The van der Waals surface area contributed by atoms with Crippen molar-refractivity contribution in [2.24, 2.45) is 5.92 Å². The summed E-state index contributed by atoms with van der Waals surface area (Å²) < 4.78 is 0. The van der Waals surface area contributed by atoms with Crippen molar-refractivity contribution in [1.82, 2.24) is 5.32 Å². The Morgan fingerprint density at radius 1 is 1.05 bits per heavy atom. The molecule has 0 radical (unpaired) electrons. The van der Waals surface area contributed by atoms with E-state index in [4.69, 9.17) is 0 Å². The molecule has 1 aliphatic rings. The second kappa shape index (κ2) is 5.58. The monoisotopic (exact) mass is 299 g/mol. The third-order valence-electron chi connectivity index (χ3n) is 4.37. The first-order valence-corrected chi connectivity index (χ1v) is 8.68. The minimum absolute atomic E-state index is 0.225. The average molecular weight is 299 g/mol. The van der Waals surface area contributed by atoms with Gasteiger partial charge in [0, 0.05) is 15.8 Å². The summed E-state index contributed by atoms with van der Waals surface area (Å²) in [4.78, 5) is 2.86. The molecule has 0 aliphatic heterocycles. The Balaban J connectivity index is 1.82. The molecule has 0 saturated heterocycles. The van der Waals surface area contributed by atoms with Crippen LogP contribution in [-0.2, 0) is 5.41 Å². The maximum absolute atomic E-state index is 3.48. The number of thiophene rings is 1. The van der Waals surface area contributed by atoms with Gasteiger partial charge in [-0.25, -0.2) is 0 Å². The number of nitrogens with one attached hydrogen (secondary N) is 1. The Morgan fingerprint density at radius 2 is 1.71 bits per heavy atom. The van der Waals surface area contributed by atoms with Gasteiger partial charge in [-0.15, -0.1) is 11.3 Å². The van der Waals surface area contributed by atoms with Gasteiger partial charge in [0.1, 0.15) is 0 Å². The molecule has 2 aromatic rings. The lowest BCUT2D eigenvalue weighted by atomic mass is 9.86. The predicted molar refractivity (Wildman–Crippen MR) is 93.0 cm³/mol. The van der Waals surface area contributed by atoms with Gasteiger partial charge in [-0.3, -0.25) is 0 Å².